The SMILES string of the molecule is Cc1ccc(S(=O)(=O)N(C)c2ccc(OCC(=O)OCC(=O)C34CC5CC(CC(C5)C3)C4)cc2)cc1. The van der Waals surface area contributed by atoms with Crippen molar-refractivity contribution in [3.8, 4) is 5.75 Å². The Labute approximate surface area is 212 Å². The van der Waals surface area contributed by atoms with Crippen LogP contribution in [-0.2, 0) is 24.3 Å². The molecule has 0 heterocycles. The van der Waals surface area contributed by atoms with Gasteiger partial charge in [0.2, 0.25) is 0 Å². The third kappa shape index (κ3) is 4.88. The zero-order valence-corrected chi connectivity index (χ0v) is 21.6. The van der Waals surface area contributed by atoms with Crippen LogP contribution in [0, 0.1) is 30.1 Å². The van der Waals surface area contributed by atoms with Crippen LogP contribution in [0.4, 0.5) is 5.69 Å². The molecule has 0 unspecified atom stereocenters. The summed E-state index contributed by atoms with van der Waals surface area (Å²) in [6.45, 7) is 1.40. The highest BCUT2D eigenvalue weighted by atomic mass is 32.2. The second-order valence-corrected chi connectivity index (χ2v) is 12.8. The van der Waals surface area contributed by atoms with Gasteiger partial charge in [0.25, 0.3) is 10.0 Å². The number of Topliss-reactive ketones (excluding diaryl/α,β-unsaturated/α-hetero) is 1. The van der Waals surface area contributed by atoms with Gasteiger partial charge in [-0.3, -0.25) is 9.10 Å². The van der Waals surface area contributed by atoms with Crippen molar-refractivity contribution in [3.05, 3.63) is 54.1 Å². The lowest BCUT2D eigenvalue weighted by molar-refractivity contribution is -0.158. The lowest BCUT2D eigenvalue weighted by atomic mass is 9.48. The molecule has 2 aromatic rings. The summed E-state index contributed by atoms with van der Waals surface area (Å²) in [6.07, 6.45) is 6.62. The highest BCUT2D eigenvalue weighted by Gasteiger charge is 2.54. The molecule has 4 aliphatic rings. The number of carbonyl (C=O) groups is 2. The van der Waals surface area contributed by atoms with Gasteiger partial charge in [-0.25, -0.2) is 13.2 Å². The third-order valence-electron chi connectivity index (χ3n) is 8.23. The number of nitrogens with zero attached hydrogens (tertiary/aromatic N) is 1. The molecule has 4 aliphatic carbocycles. The van der Waals surface area contributed by atoms with Crippen LogP contribution in [0.25, 0.3) is 0 Å². The molecule has 0 atom stereocenters. The summed E-state index contributed by atoms with van der Waals surface area (Å²) in [5, 5.41) is 0. The number of ether oxygens (including phenoxy) is 2. The van der Waals surface area contributed by atoms with E-state index < -0.39 is 16.0 Å². The summed E-state index contributed by atoms with van der Waals surface area (Å²) in [4.78, 5) is 25.5. The van der Waals surface area contributed by atoms with Crippen molar-refractivity contribution in [2.45, 2.75) is 50.3 Å². The molecule has 6 rings (SSSR count). The number of esters is 1. The van der Waals surface area contributed by atoms with Crippen LogP contribution in [0.3, 0.4) is 0 Å². The predicted molar refractivity (Wildman–Crippen MR) is 135 cm³/mol. The van der Waals surface area contributed by atoms with Crippen LogP contribution in [0.1, 0.15) is 44.1 Å². The number of carbonyl (C=O) groups excluding carboxylic acids is 2. The maximum Gasteiger partial charge on any atom is 0.344 e. The van der Waals surface area contributed by atoms with Gasteiger partial charge in [0, 0.05) is 12.5 Å². The van der Waals surface area contributed by atoms with Gasteiger partial charge in [0.15, 0.2) is 19.0 Å². The van der Waals surface area contributed by atoms with Gasteiger partial charge in [0.05, 0.1) is 10.6 Å². The number of aryl methyl sites for hydroxylation is 1. The van der Waals surface area contributed by atoms with E-state index in [1.54, 1.807) is 48.5 Å². The van der Waals surface area contributed by atoms with E-state index >= 15 is 0 Å². The topological polar surface area (TPSA) is 90.0 Å². The number of sulfonamides is 1. The van der Waals surface area contributed by atoms with E-state index in [2.05, 4.69) is 0 Å². The fourth-order valence-corrected chi connectivity index (χ4v) is 7.89. The summed E-state index contributed by atoms with van der Waals surface area (Å²) < 4.78 is 37.7. The van der Waals surface area contributed by atoms with Gasteiger partial charge in [-0.2, -0.15) is 0 Å². The average molecular weight is 512 g/mol. The molecule has 0 radical (unpaired) electrons. The van der Waals surface area contributed by atoms with Gasteiger partial charge in [-0.1, -0.05) is 17.7 Å². The van der Waals surface area contributed by atoms with E-state index in [1.165, 1.54) is 30.6 Å². The number of ketones is 1. The van der Waals surface area contributed by atoms with E-state index in [0.717, 1.165) is 24.8 Å². The third-order valence-corrected chi connectivity index (χ3v) is 10.0. The van der Waals surface area contributed by atoms with Gasteiger partial charge < -0.3 is 9.47 Å². The number of benzene rings is 2. The Morgan fingerprint density at radius 3 is 2.00 bits per heavy atom. The zero-order valence-electron chi connectivity index (χ0n) is 20.8. The van der Waals surface area contributed by atoms with Crippen LogP contribution in [0.2, 0.25) is 0 Å². The Bertz CT molecular complexity index is 1200. The smallest absolute Gasteiger partial charge is 0.344 e. The highest BCUT2D eigenvalue weighted by molar-refractivity contribution is 7.92. The maximum absolute atomic E-state index is 13.0. The normalized spacial score (nSPS) is 26.4. The molecular formula is C28H33NO6S. The van der Waals surface area contributed by atoms with E-state index in [4.69, 9.17) is 9.47 Å². The summed E-state index contributed by atoms with van der Waals surface area (Å²) in [6, 6.07) is 13.1. The molecule has 0 saturated heterocycles. The highest BCUT2D eigenvalue weighted by Crippen LogP contribution is 2.60. The quantitative estimate of drug-likeness (QED) is 0.460. The van der Waals surface area contributed by atoms with Crippen molar-refractivity contribution < 1.29 is 27.5 Å². The molecule has 36 heavy (non-hydrogen) atoms. The molecule has 7 nitrogen and oxygen atoms in total. The van der Waals surface area contributed by atoms with Gasteiger partial charge in [0.1, 0.15) is 5.75 Å². The molecule has 0 aliphatic heterocycles. The minimum atomic E-state index is -3.69. The minimum absolute atomic E-state index is 0.0668. The standard InChI is InChI=1S/C28H33NO6S/c1-19-3-9-25(10-4-19)36(32,33)29(2)23-5-7-24(8-6-23)34-18-27(31)35-17-26(30)28-14-20-11-21(15-28)13-22(12-20)16-28/h3-10,20-22H,11-18H2,1-2H3. The van der Waals surface area contributed by atoms with Crippen LogP contribution in [0.15, 0.2) is 53.4 Å². The number of hydrogen-bond acceptors (Lipinski definition) is 6. The summed E-state index contributed by atoms with van der Waals surface area (Å²) in [5.74, 6) is 1.87. The number of hydrogen-bond donors (Lipinski definition) is 0. The van der Waals surface area contributed by atoms with Crippen LogP contribution >= 0.6 is 0 Å². The monoisotopic (exact) mass is 511 g/mol. The van der Waals surface area contributed by atoms with Crippen molar-refractivity contribution in [1.82, 2.24) is 0 Å². The molecule has 192 valence electrons. The van der Waals surface area contributed by atoms with E-state index in [1.807, 2.05) is 6.92 Å². The van der Waals surface area contributed by atoms with Crippen LogP contribution in [0.5, 0.6) is 5.75 Å². The summed E-state index contributed by atoms with van der Waals surface area (Å²) >= 11 is 0. The second-order valence-electron chi connectivity index (χ2n) is 10.8. The largest absolute Gasteiger partial charge is 0.482 e. The Hall–Kier alpha value is -2.87. The number of rotatable bonds is 9. The first-order valence-electron chi connectivity index (χ1n) is 12.6. The van der Waals surface area contributed by atoms with Crippen molar-refractivity contribution in [3.63, 3.8) is 0 Å². The lowest BCUT2D eigenvalue weighted by Crippen LogP contribution is -2.51. The van der Waals surface area contributed by atoms with Crippen molar-refractivity contribution in [2.75, 3.05) is 24.6 Å². The zero-order chi connectivity index (χ0) is 25.5. The molecule has 0 spiro atoms. The molecule has 0 aromatic heterocycles. The second kappa shape index (κ2) is 9.54. The lowest BCUT2D eigenvalue weighted by Gasteiger charge is -2.55. The molecular weight excluding hydrogens is 478 g/mol. The summed E-state index contributed by atoms with van der Waals surface area (Å²) in [7, 11) is -2.20. The van der Waals surface area contributed by atoms with Crippen molar-refractivity contribution >= 4 is 27.5 Å². The first kappa shape index (κ1) is 24.8. The molecule has 0 amide bonds. The Kier molecular flexibility index (Phi) is 6.57. The minimum Gasteiger partial charge on any atom is -0.482 e. The maximum atomic E-state index is 13.0. The molecule has 0 N–H and O–H groups in total. The summed E-state index contributed by atoms with van der Waals surface area (Å²) in [5.41, 5.74) is 1.16. The van der Waals surface area contributed by atoms with Crippen molar-refractivity contribution in [1.29, 1.82) is 0 Å². The molecule has 4 bridgehead atoms. The van der Waals surface area contributed by atoms with Crippen LogP contribution in [-0.4, -0.2) is 40.4 Å². The first-order valence-corrected chi connectivity index (χ1v) is 14.1. The Morgan fingerprint density at radius 1 is 0.889 bits per heavy atom. The average Bonchev–Trinajstić information content (AvgIpc) is 2.85. The van der Waals surface area contributed by atoms with E-state index in [9.17, 15) is 18.0 Å². The van der Waals surface area contributed by atoms with Crippen molar-refractivity contribution in [2.24, 2.45) is 23.2 Å². The number of anilines is 1. The fraction of sp³-hybridized carbons (Fsp3) is 0.500. The van der Waals surface area contributed by atoms with Gasteiger partial charge in [-0.15, -0.1) is 0 Å². The molecule has 8 heteroatoms. The fourth-order valence-electron chi connectivity index (χ4n) is 6.69. The predicted octanol–water partition coefficient (Wildman–Crippen LogP) is 4.53. The van der Waals surface area contributed by atoms with Gasteiger partial charge in [-0.05, 0) is 99.6 Å². The molecule has 2 aromatic carbocycles. The van der Waals surface area contributed by atoms with E-state index in [0.29, 0.717) is 29.2 Å². The van der Waals surface area contributed by atoms with Crippen LogP contribution < -0.4 is 9.04 Å². The molecule has 4 fully saturated rings. The Balaban J connectivity index is 1.12. The van der Waals surface area contributed by atoms with E-state index in [-0.39, 0.29) is 29.3 Å². The Morgan fingerprint density at radius 2 is 1.44 bits per heavy atom. The molecule has 4 saturated carbocycles. The first-order chi connectivity index (χ1) is 17.1. The van der Waals surface area contributed by atoms with Gasteiger partial charge >= 0.3 is 5.97 Å².